The molecular formula is CHBrOS2. The number of hydrogen-bond acceptors (Lipinski definition) is 2. The van der Waals surface area contributed by atoms with Crippen molar-refractivity contribution in [2.24, 2.45) is 0 Å². The summed E-state index contributed by atoms with van der Waals surface area (Å²) in [6, 6.07) is 0. The van der Waals surface area contributed by atoms with Crippen molar-refractivity contribution in [2.75, 3.05) is 0 Å². The summed E-state index contributed by atoms with van der Waals surface area (Å²) in [5.41, 5.74) is 0. The van der Waals surface area contributed by atoms with Gasteiger partial charge in [0, 0.05) is 0 Å². The molecule has 0 saturated heterocycles. The zero-order chi connectivity index (χ0) is 4.28. The molecule has 0 saturated carbocycles. The fourth-order valence-electron chi connectivity index (χ4n) is 0. The molecule has 0 atom stereocenters. The van der Waals surface area contributed by atoms with Gasteiger partial charge >= 0.3 is 0 Å². The number of rotatable bonds is 0. The van der Waals surface area contributed by atoms with Crippen LogP contribution in [0.2, 0.25) is 0 Å². The van der Waals surface area contributed by atoms with Crippen LogP contribution in [0.5, 0.6) is 0 Å². The molecule has 0 aliphatic carbocycles. The highest BCUT2D eigenvalue weighted by atomic mass is 79.9. The lowest BCUT2D eigenvalue weighted by Crippen LogP contribution is -1.71. The van der Waals surface area contributed by atoms with Gasteiger partial charge in [-0.3, -0.25) is 0 Å². The van der Waals surface area contributed by atoms with Crippen LogP contribution in [0, 0.1) is 0 Å². The van der Waals surface area contributed by atoms with Crippen LogP contribution < -0.4 is 0 Å². The molecule has 0 heterocycles. The van der Waals surface area contributed by atoms with Crippen molar-refractivity contribution < 1.29 is 3.83 Å². The zero-order valence-corrected chi connectivity index (χ0v) is 5.44. The third kappa shape index (κ3) is 4.72. The summed E-state index contributed by atoms with van der Waals surface area (Å²) >= 11 is 10.4. The number of hydrogen-bond donors (Lipinski definition) is 1. The minimum atomic E-state index is 0.199. The van der Waals surface area contributed by atoms with E-state index < -0.39 is 0 Å². The Labute approximate surface area is 49.6 Å². The van der Waals surface area contributed by atoms with E-state index in [-0.39, 0.29) is 4.38 Å². The van der Waals surface area contributed by atoms with E-state index in [4.69, 9.17) is 0 Å². The van der Waals surface area contributed by atoms with E-state index in [1.54, 1.807) is 0 Å². The lowest BCUT2D eigenvalue weighted by Gasteiger charge is -1.78. The molecule has 0 radical (unpaired) electrons. The fourth-order valence-corrected chi connectivity index (χ4v) is 0. The molecule has 0 aromatic carbocycles. The molecule has 0 aromatic rings. The van der Waals surface area contributed by atoms with E-state index in [0.717, 1.165) is 0 Å². The van der Waals surface area contributed by atoms with E-state index in [2.05, 4.69) is 44.9 Å². The van der Waals surface area contributed by atoms with Crippen LogP contribution in [0.4, 0.5) is 0 Å². The average molecular weight is 173 g/mol. The summed E-state index contributed by atoms with van der Waals surface area (Å²) in [6.07, 6.45) is 0. The smallest absolute Gasteiger partial charge is 0.230 e. The monoisotopic (exact) mass is 172 g/mol. The summed E-state index contributed by atoms with van der Waals surface area (Å²) in [5.74, 6) is 0. The van der Waals surface area contributed by atoms with E-state index in [1.807, 2.05) is 0 Å². The lowest BCUT2D eigenvalue weighted by molar-refractivity contribution is 0.718. The van der Waals surface area contributed by atoms with Crippen molar-refractivity contribution in [1.82, 2.24) is 0 Å². The molecule has 0 rings (SSSR count). The van der Waals surface area contributed by atoms with Crippen molar-refractivity contribution >= 4 is 45.5 Å². The number of halogens is 1. The van der Waals surface area contributed by atoms with Crippen LogP contribution in [0.15, 0.2) is 0 Å². The van der Waals surface area contributed by atoms with Crippen molar-refractivity contribution in [3.8, 4) is 0 Å². The van der Waals surface area contributed by atoms with Gasteiger partial charge in [0.2, 0.25) is 4.38 Å². The minimum absolute atomic E-state index is 0.199. The Morgan fingerprint density at radius 3 is 2.20 bits per heavy atom. The van der Waals surface area contributed by atoms with Gasteiger partial charge in [-0.1, -0.05) is 12.6 Å². The fraction of sp³-hybridized carbons (Fsp3) is 0. The number of thiol groups is 1. The standard InChI is InChI=1S/CHBrOS2/c2-3-1(4)5/h(H,4,5). The molecule has 0 amide bonds. The third-order valence-electron chi connectivity index (χ3n) is 0.0660. The maximum atomic E-state index is 4.29. The largest absolute Gasteiger partial charge is 0.399 e. The quantitative estimate of drug-likeness (QED) is 0.439. The molecule has 0 bridgehead atoms. The SMILES string of the molecule is S=C(S)OBr. The van der Waals surface area contributed by atoms with E-state index in [1.165, 1.54) is 0 Å². The van der Waals surface area contributed by atoms with Gasteiger partial charge in [0.1, 0.15) is 0 Å². The first-order valence-corrected chi connectivity index (χ1v) is 2.29. The summed E-state index contributed by atoms with van der Waals surface area (Å²) in [5, 5.41) is 0. The normalized spacial score (nSPS) is 6.80. The van der Waals surface area contributed by atoms with Crippen molar-refractivity contribution in [3.05, 3.63) is 0 Å². The maximum Gasteiger partial charge on any atom is 0.230 e. The molecule has 0 aliphatic heterocycles. The lowest BCUT2D eigenvalue weighted by atomic mass is 11.7. The van der Waals surface area contributed by atoms with E-state index in [9.17, 15) is 0 Å². The Morgan fingerprint density at radius 2 is 2.20 bits per heavy atom. The third-order valence-corrected chi connectivity index (χ3v) is 1.03. The molecule has 30 valence electrons. The average Bonchev–Trinajstić information content (AvgIpc) is 1.38. The van der Waals surface area contributed by atoms with Crippen LogP contribution in [0.3, 0.4) is 0 Å². The first-order chi connectivity index (χ1) is 2.27. The van der Waals surface area contributed by atoms with E-state index in [0.29, 0.717) is 0 Å². The Morgan fingerprint density at radius 1 is 2.00 bits per heavy atom. The highest BCUT2D eigenvalue weighted by Gasteiger charge is 1.73. The molecule has 0 unspecified atom stereocenters. The van der Waals surface area contributed by atoms with Crippen LogP contribution in [0.1, 0.15) is 0 Å². The summed E-state index contributed by atoms with van der Waals surface area (Å²) in [4.78, 5) is 0. The highest BCUT2D eigenvalue weighted by molar-refractivity contribution is 9.06. The number of thiocarbonyl (C=S) groups is 1. The maximum absolute atomic E-state index is 4.29. The molecular weight excluding hydrogens is 172 g/mol. The van der Waals surface area contributed by atoms with Gasteiger partial charge in [-0.15, -0.1) is 0 Å². The van der Waals surface area contributed by atoms with Crippen LogP contribution in [-0.2, 0) is 3.83 Å². The Bertz CT molecular complexity index is 44.9. The zero-order valence-electron chi connectivity index (χ0n) is 2.14. The molecule has 0 aliphatic rings. The van der Waals surface area contributed by atoms with Crippen LogP contribution in [0.25, 0.3) is 0 Å². The van der Waals surface area contributed by atoms with Gasteiger partial charge in [0.05, 0.1) is 0 Å². The second kappa shape index (κ2) is 2.93. The van der Waals surface area contributed by atoms with Gasteiger partial charge in [-0.2, -0.15) is 0 Å². The Kier molecular flexibility index (Phi) is 3.35. The molecule has 5 heavy (non-hydrogen) atoms. The van der Waals surface area contributed by atoms with Gasteiger partial charge < -0.3 is 3.83 Å². The predicted molar refractivity (Wildman–Crippen MR) is 31.6 cm³/mol. The Balaban J connectivity index is 2.85. The Hall–Kier alpha value is 0.720. The first kappa shape index (κ1) is 5.72. The second-order valence-corrected chi connectivity index (χ2v) is 1.75. The second-order valence-electron chi connectivity index (χ2n) is 0.343. The summed E-state index contributed by atoms with van der Waals surface area (Å²) < 4.78 is 4.36. The summed E-state index contributed by atoms with van der Waals surface area (Å²) in [6.45, 7) is 0. The van der Waals surface area contributed by atoms with Crippen LogP contribution >= 0.6 is 41.1 Å². The predicted octanol–water partition coefficient (Wildman–Crippen LogP) is 1.53. The topological polar surface area (TPSA) is 9.23 Å². The molecule has 4 heteroatoms. The van der Waals surface area contributed by atoms with Crippen molar-refractivity contribution in [1.29, 1.82) is 0 Å². The van der Waals surface area contributed by atoms with E-state index >= 15 is 0 Å². The molecule has 0 fully saturated rings. The molecule has 0 N–H and O–H groups in total. The van der Waals surface area contributed by atoms with Gasteiger partial charge in [-0.25, -0.2) is 0 Å². The highest BCUT2D eigenvalue weighted by Crippen LogP contribution is 1.90. The summed E-state index contributed by atoms with van der Waals surface area (Å²) in [7, 11) is 0. The van der Waals surface area contributed by atoms with Gasteiger partial charge in [0.25, 0.3) is 0 Å². The van der Waals surface area contributed by atoms with Crippen molar-refractivity contribution in [2.45, 2.75) is 0 Å². The minimum Gasteiger partial charge on any atom is -0.399 e. The van der Waals surface area contributed by atoms with Gasteiger partial charge in [-0.05, 0) is 12.2 Å². The van der Waals surface area contributed by atoms with Crippen LogP contribution in [-0.4, -0.2) is 4.38 Å². The first-order valence-electron chi connectivity index (χ1n) is 0.786. The molecule has 1 nitrogen and oxygen atoms in total. The molecule has 0 spiro atoms. The van der Waals surface area contributed by atoms with Crippen molar-refractivity contribution in [3.63, 3.8) is 0 Å². The van der Waals surface area contributed by atoms with Gasteiger partial charge in [0.15, 0.2) is 16.3 Å². The molecule has 0 aromatic heterocycles.